The van der Waals surface area contributed by atoms with Crippen LogP contribution in [0.2, 0.25) is 0 Å². The molecule has 0 aliphatic rings. The topological polar surface area (TPSA) is 32.6 Å². The highest BCUT2D eigenvalue weighted by atomic mass is 19.1. The van der Waals surface area contributed by atoms with E-state index in [0.29, 0.717) is 11.3 Å². The van der Waals surface area contributed by atoms with E-state index >= 15 is 0 Å². The van der Waals surface area contributed by atoms with Crippen molar-refractivity contribution in [2.75, 3.05) is 0 Å². The van der Waals surface area contributed by atoms with Crippen LogP contribution in [0.4, 0.5) is 10.1 Å². The van der Waals surface area contributed by atoms with Gasteiger partial charge in [0.05, 0.1) is 11.3 Å². The minimum absolute atomic E-state index is 0.312. The summed E-state index contributed by atoms with van der Waals surface area (Å²) >= 11 is 0. The molecule has 1 N–H and O–H groups in total. The van der Waals surface area contributed by atoms with Crippen LogP contribution in [0, 0.1) is 12.7 Å². The fourth-order valence-electron chi connectivity index (χ4n) is 1.88. The molecule has 0 aromatic heterocycles. The largest absolute Gasteiger partial charge is 0.386 e. The first kappa shape index (κ1) is 14.8. The lowest BCUT2D eigenvalue weighted by molar-refractivity contribution is 0.0745. The van der Waals surface area contributed by atoms with Crippen LogP contribution >= 0.6 is 0 Å². The van der Waals surface area contributed by atoms with E-state index in [1.54, 1.807) is 19.9 Å². The number of aliphatic imine (C=N–C) groups is 1. The minimum Gasteiger partial charge on any atom is -0.386 e. The maximum absolute atomic E-state index is 13.9. The summed E-state index contributed by atoms with van der Waals surface area (Å²) in [6, 6.07) is 3.08. The van der Waals surface area contributed by atoms with Gasteiger partial charge in [0.2, 0.25) is 0 Å². The zero-order valence-electron chi connectivity index (χ0n) is 11.8. The number of benzene rings is 1. The molecular weight excluding hydrogens is 229 g/mol. The SMILES string of the molecule is CCCC(C)=Nc1cc(F)c(C(C)(C)O)cc1C. The van der Waals surface area contributed by atoms with E-state index in [0.717, 1.165) is 24.1 Å². The van der Waals surface area contributed by atoms with Gasteiger partial charge in [0.1, 0.15) is 5.82 Å². The van der Waals surface area contributed by atoms with Crippen molar-refractivity contribution in [3.63, 3.8) is 0 Å². The second-order valence-corrected chi connectivity index (χ2v) is 5.27. The second-order valence-electron chi connectivity index (χ2n) is 5.27. The van der Waals surface area contributed by atoms with Crippen molar-refractivity contribution in [3.05, 3.63) is 29.1 Å². The van der Waals surface area contributed by atoms with Crippen LogP contribution < -0.4 is 0 Å². The van der Waals surface area contributed by atoms with Crippen molar-refractivity contribution in [2.24, 2.45) is 4.99 Å². The monoisotopic (exact) mass is 251 g/mol. The first-order valence-corrected chi connectivity index (χ1v) is 6.33. The van der Waals surface area contributed by atoms with E-state index in [1.807, 2.05) is 13.8 Å². The van der Waals surface area contributed by atoms with Crippen LogP contribution in [0.15, 0.2) is 17.1 Å². The predicted octanol–water partition coefficient (Wildman–Crippen LogP) is 4.25. The number of aryl methyl sites for hydroxylation is 1. The Morgan fingerprint density at radius 2 is 2.00 bits per heavy atom. The summed E-state index contributed by atoms with van der Waals surface area (Å²) in [5.74, 6) is -0.406. The highest BCUT2D eigenvalue weighted by molar-refractivity contribution is 5.84. The van der Waals surface area contributed by atoms with Crippen LogP contribution in [0.1, 0.15) is 51.7 Å². The van der Waals surface area contributed by atoms with Gasteiger partial charge in [-0.25, -0.2) is 4.39 Å². The molecule has 0 bridgehead atoms. The normalized spacial score (nSPS) is 12.9. The fraction of sp³-hybridized carbons (Fsp3) is 0.533. The Bertz CT molecular complexity index is 458. The van der Waals surface area contributed by atoms with Crippen LogP contribution in [-0.4, -0.2) is 10.8 Å². The smallest absolute Gasteiger partial charge is 0.131 e. The van der Waals surface area contributed by atoms with Crippen LogP contribution in [0.5, 0.6) is 0 Å². The summed E-state index contributed by atoms with van der Waals surface area (Å²) in [6.07, 6.45) is 1.94. The highest BCUT2D eigenvalue weighted by Crippen LogP contribution is 2.29. The van der Waals surface area contributed by atoms with Gasteiger partial charge in [-0.05, 0) is 45.7 Å². The third-order valence-corrected chi connectivity index (χ3v) is 2.87. The van der Waals surface area contributed by atoms with Gasteiger partial charge in [-0.2, -0.15) is 0 Å². The summed E-state index contributed by atoms with van der Waals surface area (Å²) in [6.45, 7) is 9.08. The first-order valence-electron chi connectivity index (χ1n) is 6.33. The molecule has 0 spiro atoms. The Hall–Kier alpha value is -1.22. The van der Waals surface area contributed by atoms with Crippen molar-refractivity contribution in [1.82, 2.24) is 0 Å². The lowest BCUT2D eigenvalue weighted by atomic mass is 9.95. The highest BCUT2D eigenvalue weighted by Gasteiger charge is 2.21. The van der Waals surface area contributed by atoms with Gasteiger partial charge in [0, 0.05) is 17.3 Å². The van der Waals surface area contributed by atoms with Gasteiger partial charge in [-0.15, -0.1) is 0 Å². The van der Waals surface area contributed by atoms with Gasteiger partial charge in [-0.1, -0.05) is 13.3 Å². The van der Waals surface area contributed by atoms with Crippen molar-refractivity contribution >= 4 is 11.4 Å². The molecule has 0 radical (unpaired) electrons. The third-order valence-electron chi connectivity index (χ3n) is 2.87. The minimum atomic E-state index is -1.17. The molecule has 0 saturated heterocycles. The average molecular weight is 251 g/mol. The maximum atomic E-state index is 13.9. The zero-order chi connectivity index (χ0) is 13.9. The summed E-state index contributed by atoms with van der Waals surface area (Å²) < 4.78 is 13.9. The molecular formula is C15H22FNO. The quantitative estimate of drug-likeness (QED) is 0.797. The van der Waals surface area contributed by atoms with Crippen LogP contribution in [-0.2, 0) is 5.60 Å². The summed E-state index contributed by atoms with van der Waals surface area (Å²) in [5, 5.41) is 9.88. The molecule has 0 amide bonds. The summed E-state index contributed by atoms with van der Waals surface area (Å²) in [5.41, 5.74) is 1.66. The molecule has 0 aliphatic heterocycles. The number of nitrogens with zero attached hydrogens (tertiary/aromatic N) is 1. The number of hydrogen-bond donors (Lipinski definition) is 1. The molecule has 1 aromatic carbocycles. The zero-order valence-corrected chi connectivity index (χ0v) is 11.8. The van der Waals surface area contributed by atoms with Crippen LogP contribution in [0.25, 0.3) is 0 Å². The molecule has 18 heavy (non-hydrogen) atoms. The van der Waals surface area contributed by atoms with E-state index in [-0.39, 0.29) is 0 Å². The number of halogens is 1. The maximum Gasteiger partial charge on any atom is 0.131 e. The van der Waals surface area contributed by atoms with E-state index in [9.17, 15) is 9.50 Å². The van der Waals surface area contributed by atoms with Crippen molar-refractivity contribution < 1.29 is 9.50 Å². The van der Waals surface area contributed by atoms with Crippen LogP contribution in [0.3, 0.4) is 0 Å². The molecule has 0 fully saturated rings. The van der Waals surface area contributed by atoms with Gasteiger partial charge in [0.15, 0.2) is 0 Å². The lowest BCUT2D eigenvalue weighted by Gasteiger charge is -2.19. The average Bonchev–Trinajstić information content (AvgIpc) is 2.21. The molecule has 2 nitrogen and oxygen atoms in total. The Kier molecular flexibility index (Phi) is 4.63. The second kappa shape index (κ2) is 5.61. The van der Waals surface area contributed by atoms with Crippen molar-refractivity contribution in [2.45, 2.75) is 53.1 Å². The Labute approximate surface area is 109 Å². The molecule has 0 aliphatic carbocycles. The van der Waals surface area contributed by atoms with E-state index < -0.39 is 11.4 Å². The number of rotatable bonds is 4. The molecule has 0 unspecified atom stereocenters. The molecule has 3 heteroatoms. The third kappa shape index (κ3) is 3.64. The van der Waals surface area contributed by atoms with Crippen molar-refractivity contribution in [3.8, 4) is 0 Å². The first-order chi connectivity index (χ1) is 8.25. The lowest BCUT2D eigenvalue weighted by Crippen LogP contribution is -2.17. The standard InChI is InChI=1S/C15H22FNO/c1-6-7-11(3)17-14-9-13(16)12(8-10(14)2)15(4,5)18/h8-9,18H,6-7H2,1-5H3. The predicted molar refractivity (Wildman–Crippen MR) is 74.1 cm³/mol. The summed E-state index contributed by atoms with van der Waals surface area (Å²) in [4.78, 5) is 4.43. The van der Waals surface area contributed by atoms with Gasteiger partial charge >= 0.3 is 0 Å². The van der Waals surface area contributed by atoms with E-state index in [1.165, 1.54) is 6.07 Å². The van der Waals surface area contributed by atoms with E-state index in [4.69, 9.17) is 0 Å². The Morgan fingerprint density at radius 1 is 1.39 bits per heavy atom. The Balaban J connectivity index is 3.20. The van der Waals surface area contributed by atoms with Gasteiger partial charge in [0.25, 0.3) is 0 Å². The van der Waals surface area contributed by atoms with Crippen molar-refractivity contribution in [1.29, 1.82) is 0 Å². The van der Waals surface area contributed by atoms with Gasteiger partial charge in [-0.3, -0.25) is 4.99 Å². The molecule has 0 heterocycles. The molecule has 100 valence electrons. The molecule has 1 rings (SSSR count). The van der Waals surface area contributed by atoms with E-state index in [2.05, 4.69) is 11.9 Å². The van der Waals surface area contributed by atoms with Gasteiger partial charge < -0.3 is 5.11 Å². The number of hydrogen-bond acceptors (Lipinski definition) is 2. The number of aliphatic hydroxyl groups is 1. The molecule has 0 atom stereocenters. The molecule has 0 saturated carbocycles. The molecule has 1 aromatic rings. The summed E-state index contributed by atoms with van der Waals surface area (Å²) in [7, 11) is 0. The Morgan fingerprint density at radius 3 is 2.50 bits per heavy atom. The fourth-order valence-corrected chi connectivity index (χ4v) is 1.88.